The van der Waals surface area contributed by atoms with Crippen molar-refractivity contribution in [2.45, 2.75) is 20.1 Å². The van der Waals surface area contributed by atoms with Gasteiger partial charge in [0, 0.05) is 35.8 Å². The monoisotopic (exact) mass is 395 g/mol. The van der Waals surface area contributed by atoms with Crippen LogP contribution in [0.4, 0.5) is 0 Å². The van der Waals surface area contributed by atoms with Crippen LogP contribution in [-0.2, 0) is 17.9 Å². The van der Waals surface area contributed by atoms with E-state index >= 15 is 0 Å². The molecule has 2 heterocycles. The lowest BCUT2D eigenvalue weighted by Gasteiger charge is -2.08. The number of nitrogens with zero attached hydrogens (tertiary/aromatic N) is 2. The molecule has 1 amide bonds. The highest BCUT2D eigenvalue weighted by molar-refractivity contribution is 7.09. The van der Waals surface area contributed by atoms with Crippen LogP contribution in [0.5, 0.6) is 11.6 Å². The van der Waals surface area contributed by atoms with Crippen molar-refractivity contribution in [1.29, 1.82) is 0 Å². The maximum atomic E-state index is 12.1. The Morgan fingerprint density at radius 2 is 2.11 bits per heavy atom. The van der Waals surface area contributed by atoms with Crippen LogP contribution in [0.15, 0.2) is 54.1 Å². The lowest BCUT2D eigenvalue weighted by atomic mass is 10.2. The molecular weight excluding hydrogens is 374 g/mol. The quantitative estimate of drug-likeness (QED) is 0.588. The van der Waals surface area contributed by atoms with Crippen molar-refractivity contribution in [2.24, 2.45) is 0 Å². The van der Waals surface area contributed by atoms with Gasteiger partial charge in [-0.3, -0.25) is 4.79 Å². The van der Waals surface area contributed by atoms with E-state index in [9.17, 15) is 4.79 Å². The minimum atomic E-state index is -0.194. The molecule has 0 saturated heterocycles. The molecule has 28 heavy (non-hydrogen) atoms. The van der Waals surface area contributed by atoms with Crippen molar-refractivity contribution in [1.82, 2.24) is 15.3 Å². The SMILES string of the molecule is COc1ccc(CNC(=O)/C=C/c2ccccc2OCc2csc(C)n2)cn1. The number of nitrogens with one attached hydrogen (secondary N) is 1. The van der Waals surface area contributed by atoms with Gasteiger partial charge in [0.1, 0.15) is 12.4 Å². The normalized spacial score (nSPS) is 10.8. The average molecular weight is 395 g/mol. The number of para-hydroxylation sites is 1. The number of carbonyl (C=O) groups excluding carboxylic acids is 1. The molecule has 0 aliphatic rings. The molecule has 0 unspecified atom stereocenters. The molecule has 3 aromatic rings. The maximum absolute atomic E-state index is 12.1. The highest BCUT2D eigenvalue weighted by Gasteiger charge is 2.04. The Bertz CT molecular complexity index is 952. The number of aromatic nitrogens is 2. The van der Waals surface area contributed by atoms with Gasteiger partial charge in [0.2, 0.25) is 11.8 Å². The molecule has 0 radical (unpaired) electrons. The summed E-state index contributed by atoms with van der Waals surface area (Å²) in [4.78, 5) is 20.6. The smallest absolute Gasteiger partial charge is 0.244 e. The van der Waals surface area contributed by atoms with Gasteiger partial charge in [-0.25, -0.2) is 9.97 Å². The molecule has 0 saturated carbocycles. The summed E-state index contributed by atoms with van der Waals surface area (Å²) < 4.78 is 10.9. The van der Waals surface area contributed by atoms with Gasteiger partial charge in [-0.2, -0.15) is 0 Å². The van der Waals surface area contributed by atoms with E-state index in [1.807, 2.05) is 42.6 Å². The van der Waals surface area contributed by atoms with Crippen molar-refractivity contribution in [3.8, 4) is 11.6 Å². The molecule has 0 atom stereocenters. The zero-order chi connectivity index (χ0) is 19.8. The van der Waals surface area contributed by atoms with Crippen LogP contribution in [0.2, 0.25) is 0 Å². The van der Waals surface area contributed by atoms with Crippen LogP contribution in [0, 0.1) is 6.92 Å². The molecule has 2 aromatic heterocycles. The van der Waals surface area contributed by atoms with Gasteiger partial charge in [0.15, 0.2) is 0 Å². The van der Waals surface area contributed by atoms with Crippen LogP contribution < -0.4 is 14.8 Å². The third kappa shape index (κ3) is 5.65. The predicted molar refractivity (Wildman–Crippen MR) is 109 cm³/mol. The molecular formula is C21H21N3O3S. The summed E-state index contributed by atoms with van der Waals surface area (Å²) in [6.45, 7) is 2.75. The summed E-state index contributed by atoms with van der Waals surface area (Å²) in [7, 11) is 1.56. The lowest BCUT2D eigenvalue weighted by molar-refractivity contribution is -0.116. The van der Waals surface area contributed by atoms with Crippen LogP contribution in [0.3, 0.4) is 0 Å². The Hall–Kier alpha value is -3.19. The summed E-state index contributed by atoms with van der Waals surface area (Å²) in [5, 5.41) is 5.82. The Kier molecular flexibility index (Phi) is 6.75. The number of rotatable bonds is 8. The van der Waals surface area contributed by atoms with Crippen molar-refractivity contribution >= 4 is 23.3 Å². The van der Waals surface area contributed by atoms with Gasteiger partial charge in [0.25, 0.3) is 0 Å². The maximum Gasteiger partial charge on any atom is 0.244 e. The molecule has 0 fully saturated rings. The van der Waals surface area contributed by atoms with Crippen LogP contribution >= 0.6 is 11.3 Å². The first-order valence-corrected chi connectivity index (χ1v) is 9.59. The average Bonchev–Trinajstić information content (AvgIpc) is 3.15. The van der Waals surface area contributed by atoms with E-state index in [1.54, 1.807) is 36.8 Å². The fraction of sp³-hybridized carbons (Fsp3) is 0.190. The number of amides is 1. The molecule has 0 aliphatic carbocycles. The van der Waals surface area contributed by atoms with E-state index in [0.717, 1.165) is 21.8 Å². The van der Waals surface area contributed by atoms with Crippen LogP contribution in [0.1, 0.15) is 21.8 Å². The van der Waals surface area contributed by atoms with Crippen molar-refractivity contribution in [3.05, 3.63) is 75.9 Å². The number of benzene rings is 1. The number of ether oxygens (including phenoxy) is 2. The number of aryl methyl sites for hydroxylation is 1. The third-order valence-electron chi connectivity index (χ3n) is 3.85. The molecule has 1 aromatic carbocycles. The fourth-order valence-electron chi connectivity index (χ4n) is 2.43. The Balaban J connectivity index is 1.56. The number of hydrogen-bond donors (Lipinski definition) is 1. The van der Waals surface area contributed by atoms with E-state index in [4.69, 9.17) is 9.47 Å². The van der Waals surface area contributed by atoms with Gasteiger partial charge < -0.3 is 14.8 Å². The highest BCUT2D eigenvalue weighted by Crippen LogP contribution is 2.21. The van der Waals surface area contributed by atoms with Crippen molar-refractivity contribution in [2.75, 3.05) is 7.11 Å². The van der Waals surface area contributed by atoms with Gasteiger partial charge in [-0.15, -0.1) is 11.3 Å². The topological polar surface area (TPSA) is 73.3 Å². The largest absolute Gasteiger partial charge is 0.487 e. The zero-order valence-corrected chi connectivity index (χ0v) is 16.5. The second kappa shape index (κ2) is 9.66. The standard InChI is InChI=1S/C21H21N3O3S/c1-15-24-18(14-28-15)13-27-19-6-4-3-5-17(19)8-9-20(25)22-11-16-7-10-21(26-2)23-12-16/h3-10,12,14H,11,13H2,1-2H3,(H,22,25)/b9-8+. The lowest BCUT2D eigenvalue weighted by Crippen LogP contribution is -2.20. The minimum absolute atomic E-state index is 0.194. The molecule has 1 N–H and O–H groups in total. The number of thiazole rings is 1. The van der Waals surface area contributed by atoms with Gasteiger partial charge >= 0.3 is 0 Å². The third-order valence-corrected chi connectivity index (χ3v) is 4.67. The summed E-state index contributed by atoms with van der Waals surface area (Å²) in [5.41, 5.74) is 2.62. The first-order valence-electron chi connectivity index (χ1n) is 8.71. The Morgan fingerprint density at radius 1 is 1.25 bits per heavy atom. The minimum Gasteiger partial charge on any atom is -0.487 e. The van der Waals surface area contributed by atoms with Crippen molar-refractivity contribution < 1.29 is 14.3 Å². The second-order valence-corrected chi connectivity index (χ2v) is 7.01. The summed E-state index contributed by atoms with van der Waals surface area (Å²) in [6, 6.07) is 11.2. The summed E-state index contributed by atoms with van der Waals surface area (Å²) in [6.07, 6.45) is 4.90. The number of pyridine rings is 1. The van der Waals surface area contributed by atoms with E-state index in [1.165, 1.54) is 6.08 Å². The van der Waals surface area contributed by atoms with E-state index in [0.29, 0.717) is 24.8 Å². The zero-order valence-electron chi connectivity index (χ0n) is 15.7. The highest BCUT2D eigenvalue weighted by atomic mass is 32.1. The molecule has 6 nitrogen and oxygen atoms in total. The molecule has 7 heteroatoms. The Morgan fingerprint density at radius 3 is 2.82 bits per heavy atom. The number of carbonyl (C=O) groups is 1. The summed E-state index contributed by atoms with van der Waals surface area (Å²) in [5.74, 6) is 1.05. The van der Waals surface area contributed by atoms with E-state index < -0.39 is 0 Å². The van der Waals surface area contributed by atoms with E-state index in [2.05, 4.69) is 15.3 Å². The first kappa shape index (κ1) is 19.6. The van der Waals surface area contributed by atoms with Crippen LogP contribution in [0.25, 0.3) is 6.08 Å². The molecule has 3 rings (SSSR count). The molecule has 144 valence electrons. The number of hydrogen-bond acceptors (Lipinski definition) is 6. The van der Waals surface area contributed by atoms with Crippen LogP contribution in [-0.4, -0.2) is 23.0 Å². The molecule has 0 bridgehead atoms. The molecule has 0 aliphatic heterocycles. The first-order chi connectivity index (χ1) is 13.6. The Labute approximate surface area is 167 Å². The van der Waals surface area contributed by atoms with Gasteiger partial charge in [0.05, 0.1) is 17.8 Å². The second-order valence-electron chi connectivity index (χ2n) is 5.94. The van der Waals surface area contributed by atoms with Crippen molar-refractivity contribution in [3.63, 3.8) is 0 Å². The number of methoxy groups -OCH3 is 1. The van der Waals surface area contributed by atoms with E-state index in [-0.39, 0.29) is 5.91 Å². The fourth-order valence-corrected chi connectivity index (χ4v) is 3.02. The molecule has 0 spiro atoms. The predicted octanol–water partition coefficient (Wildman–Crippen LogP) is 3.76. The summed E-state index contributed by atoms with van der Waals surface area (Å²) >= 11 is 1.59. The van der Waals surface area contributed by atoms with Gasteiger partial charge in [-0.1, -0.05) is 24.3 Å². The van der Waals surface area contributed by atoms with Gasteiger partial charge in [-0.05, 0) is 24.6 Å².